The Balaban J connectivity index is 3.29. The van der Waals surface area contributed by atoms with Crippen LogP contribution in [0.3, 0.4) is 0 Å². The molecule has 0 spiro atoms. The molecule has 0 aliphatic rings. The van der Waals surface area contributed by atoms with Crippen molar-refractivity contribution in [2.45, 2.75) is 18.9 Å². The average molecular weight is 265 g/mol. The van der Waals surface area contributed by atoms with Crippen LogP contribution in [0.2, 0.25) is 0 Å². The zero-order chi connectivity index (χ0) is 13.2. The molecule has 0 N–H and O–H groups in total. The number of benzene rings is 1. The van der Waals surface area contributed by atoms with Crippen LogP contribution in [0.25, 0.3) is 0 Å². The van der Waals surface area contributed by atoms with Gasteiger partial charge in [-0.15, -0.1) is 0 Å². The van der Waals surface area contributed by atoms with Crippen molar-refractivity contribution in [1.82, 2.24) is 0 Å². The number of alkyl halides is 3. The normalized spacial score (nSPS) is 13.5. The van der Waals surface area contributed by atoms with Gasteiger partial charge in [0.05, 0.1) is 5.56 Å². The van der Waals surface area contributed by atoms with Gasteiger partial charge in [0.15, 0.2) is 5.78 Å². The van der Waals surface area contributed by atoms with Crippen LogP contribution < -0.4 is 0 Å². The fourth-order valence-corrected chi connectivity index (χ4v) is 1.81. The standard InChI is InChI=1S/C10H9F3O3S/c1-6(14)8-3-2-7(5-17(15)16)4-9(8)10(11,12)13/h2-4H,5H2,1H3,(H,15,16)/p-1. The minimum absolute atomic E-state index is 0.00402. The van der Waals surface area contributed by atoms with Crippen LogP contribution in [0.15, 0.2) is 18.2 Å². The molecule has 0 heterocycles. The van der Waals surface area contributed by atoms with Gasteiger partial charge in [0.1, 0.15) is 0 Å². The first-order chi connectivity index (χ1) is 7.71. The Hall–Kier alpha value is -1.21. The van der Waals surface area contributed by atoms with Gasteiger partial charge in [0, 0.05) is 11.3 Å². The zero-order valence-corrected chi connectivity index (χ0v) is 9.52. The number of hydrogen-bond acceptors (Lipinski definition) is 3. The number of hydrogen-bond donors (Lipinski definition) is 0. The average Bonchev–Trinajstić information content (AvgIpc) is 2.14. The van der Waals surface area contributed by atoms with Gasteiger partial charge in [0.25, 0.3) is 0 Å². The molecule has 94 valence electrons. The summed E-state index contributed by atoms with van der Waals surface area (Å²) in [4.78, 5) is 11.0. The van der Waals surface area contributed by atoms with Crippen molar-refractivity contribution in [3.63, 3.8) is 0 Å². The van der Waals surface area contributed by atoms with Crippen molar-refractivity contribution in [2.24, 2.45) is 0 Å². The molecule has 17 heavy (non-hydrogen) atoms. The number of halogens is 3. The summed E-state index contributed by atoms with van der Waals surface area (Å²) in [5.41, 5.74) is -1.57. The summed E-state index contributed by atoms with van der Waals surface area (Å²) in [7, 11) is 0. The van der Waals surface area contributed by atoms with Crippen LogP contribution in [0.4, 0.5) is 13.2 Å². The first-order valence-corrected chi connectivity index (χ1v) is 5.73. The zero-order valence-electron chi connectivity index (χ0n) is 8.71. The number of carbonyl (C=O) groups excluding carboxylic acids is 1. The molecule has 0 saturated heterocycles. The molecule has 0 aromatic heterocycles. The van der Waals surface area contributed by atoms with Crippen LogP contribution in [-0.2, 0) is 23.0 Å². The van der Waals surface area contributed by atoms with E-state index in [9.17, 15) is 26.7 Å². The van der Waals surface area contributed by atoms with Gasteiger partial charge in [-0.25, -0.2) is 0 Å². The highest BCUT2D eigenvalue weighted by atomic mass is 32.2. The van der Waals surface area contributed by atoms with Crippen LogP contribution >= 0.6 is 0 Å². The molecule has 1 atom stereocenters. The molecule has 0 amide bonds. The smallest absolute Gasteiger partial charge is 0.417 e. The van der Waals surface area contributed by atoms with Gasteiger partial charge in [0.2, 0.25) is 0 Å². The minimum atomic E-state index is -4.68. The largest absolute Gasteiger partial charge is 0.772 e. The summed E-state index contributed by atoms with van der Waals surface area (Å²) in [6.07, 6.45) is -4.68. The van der Waals surface area contributed by atoms with Gasteiger partial charge in [-0.2, -0.15) is 13.2 Å². The molecule has 1 aromatic carbocycles. The fraction of sp³-hybridized carbons (Fsp3) is 0.300. The lowest BCUT2D eigenvalue weighted by Gasteiger charge is -2.13. The van der Waals surface area contributed by atoms with E-state index in [4.69, 9.17) is 0 Å². The van der Waals surface area contributed by atoms with E-state index in [1.807, 2.05) is 0 Å². The number of Topliss-reactive ketones (excluding diaryl/α,β-unsaturated/α-hetero) is 1. The molecule has 1 aromatic rings. The Morgan fingerprint density at radius 2 is 2.00 bits per heavy atom. The summed E-state index contributed by atoms with van der Waals surface area (Å²) in [6, 6.07) is 2.88. The minimum Gasteiger partial charge on any atom is -0.772 e. The maximum absolute atomic E-state index is 12.6. The molecule has 0 saturated carbocycles. The van der Waals surface area contributed by atoms with E-state index in [1.165, 1.54) is 6.07 Å². The highest BCUT2D eigenvalue weighted by Crippen LogP contribution is 2.33. The second-order valence-electron chi connectivity index (χ2n) is 3.38. The Bertz CT molecular complexity index is 468. The maximum atomic E-state index is 12.6. The SMILES string of the molecule is CC(=O)c1ccc(CS(=O)[O-])cc1C(F)(F)F. The number of rotatable bonds is 3. The van der Waals surface area contributed by atoms with Crippen LogP contribution in [0.1, 0.15) is 28.4 Å². The summed E-state index contributed by atoms with van der Waals surface area (Å²) in [5.74, 6) is -1.23. The Morgan fingerprint density at radius 1 is 1.41 bits per heavy atom. The van der Waals surface area contributed by atoms with Crippen molar-refractivity contribution >= 4 is 16.9 Å². The third-order valence-electron chi connectivity index (χ3n) is 2.05. The lowest BCUT2D eigenvalue weighted by Crippen LogP contribution is -2.12. The molecule has 1 rings (SSSR count). The van der Waals surface area contributed by atoms with Gasteiger partial charge < -0.3 is 4.55 Å². The van der Waals surface area contributed by atoms with Crippen molar-refractivity contribution in [3.8, 4) is 0 Å². The summed E-state index contributed by atoms with van der Waals surface area (Å²) in [5, 5.41) is 0. The fourth-order valence-electron chi connectivity index (χ4n) is 1.36. The Morgan fingerprint density at radius 3 is 2.41 bits per heavy atom. The lowest BCUT2D eigenvalue weighted by molar-refractivity contribution is -0.137. The first-order valence-electron chi connectivity index (χ1n) is 4.48. The second kappa shape index (κ2) is 4.97. The summed E-state index contributed by atoms with van der Waals surface area (Å²) in [6.45, 7) is 1.02. The molecule has 0 fully saturated rings. The van der Waals surface area contributed by atoms with Crippen molar-refractivity contribution in [1.29, 1.82) is 0 Å². The Kier molecular flexibility index (Phi) is 4.05. The second-order valence-corrected chi connectivity index (χ2v) is 4.28. The van der Waals surface area contributed by atoms with E-state index in [-0.39, 0.29) is 5.56 Å². The van der Waals surface area contributed by atoms with E-state index in [2.05, 4.69) is 0 Å². The molecular weight excluding hydrogens is 257 g/mol. The van der Waals surface area contributed by atoms with Crippen LogP contribution in [0.5, 0.6) is 0 Å². The van der Waals surface area contributed by atoms with E-state index in [0.29, 0.717) is 6.07 Å². The molecule has 7 heteroatoms. The lowest BCUT2D eigenvalue weighted by atomic mass is 10.0. The summed E-state index contributed by atoms with van der Waals surface area (Å²) >= 11 is -2.47. The van der Waals surface area contributed by atoms with Crippen molar-refractivity contribution in [3.05, 3.63) is 34.9 Å². The third kappa shape index (κ3) is 3.64. The molecular formula is C10H8F3O3S-. The van der Waals surface area contributed by atoms with Crippen LogP contribution in [-0.4, -0.2) is 14.5 Å². The maximum Gasteiger partial charge on any atom is 0.417 e. The molecule has 0 aliphatic heterocycles. The first kappa shape index (κ1) is 13.9. The molecule has 1 unspecified atom stereocenters. The summed E-state index contributed by atoms with van der Waals surface area (Å²) < 4.78 is 58.7. The van der Waals surface area contributed by atoms with Gasteiger partial charge in [-0.1, -0.05) is 23.2 Å². The van der Waals surface area contributed by atoms with E-state index >= 15 is 0 Å². The van der Waals surface area contributed by atoms with Crippen molar-refractivity contribution < 1.29 is 26.7 Å². The molecule has 0 radical (unpaired) electrons. The molecule has 3 nitrogen and oxygen atoms in total. The quantitative estimate of drug-likeness (QED) is 0.622. The van der Waals surface area contributed by atoms with E-state index in [0.717, 1.165) is 13.0 Å². The van der Waals surface area contributed by atoms with Gasteiger partial charge >= 0.3 is 6.18 Å². The topological polar surface area (TPSA) is 57.2 Å². The van der Waals surface area contributed by atoms with E-state index in [1.54, 1.807) is 0 Å². The van der Waals surface area contributed by atoms with Gasteiger partial charge in [-0.3, -0.25) is 9.00 Å². The van der Waals surface area contributed by atoms with E-state index < -0.39 is 39.9 Å². The highest BCUT2D eigenvalue weighted by molar-refractivity contribution is 7.78. The predicted molar refractivity (Wildman–Crippen MR) is 54.1 cm³/mol. The highest BCUT2D eigenvalue weighted by Gasteiger charge is 2.34. The van der Waals surface area contributed by atoms with Gasteiger partial charge in [-0.05, 0) is 18.6 Å². The molecule has 0 aliphatic carbocycles. The molecule has 0 bridgehead atoms. The predicted octanol–water partition coefficient (Wildman–Crippen LogP) is 2.29. The number of carbonyl (C=O) groups is 1. The third-order valence-corrected chi connectivity index (χ3v) is 2.62. The van der Waals surface area contributed by atoms with Crippen LogP contribution in [0, 0.1) is 0 Å². The number of ketones is 1. The Labute approximate surface area is 97.9 Å². The van der Waals surface area contributed by atoms with Crippen molar-refractivity contribution in [2.75, 3.05) is 0 Å². The monoisotopic (exact) mass is 265 g/mol.